The molecule has 0 N–H and O–H groups in total. The first-order valence-corrected chi connectivity index (χ1v) is 4.24. The van der Waals surface area contributed by atoms with Gasteiger partial charge in [-0.1, -0.05) is 13.0 Å². The van der Waals surface area contributed by atoms with E-state index in [-0.39, 0.29) is 0 Å². The molecule has 0 saturated heterocycles. The van der Waals surface area contributed by atoms with E-state index in [1.807, 2.05) is 12.3 Å². The van der Waals surface area contributed by atoms with E-state index < -0.39 is 0 Å². The number of aromatic nitrogens is 1. The van der Waals surface area contributed by atoms with Crippen molar-refractivity contribution in [2.24, 2.45) is 0 Å². The van der Waals surface area contributed by atoms with E-state index in [0.29, 0.717) is 6.42 Å². The third kappa shape index (κ3) is 2.46. The van der Waals surface area contributed by atoms with Gasteiger partial charge in [0.05, 0.1) is 0 Å². The number of carbonyl (C=O) groups excluding carboxylic acids is 1. The molecule has 1 aromatic heterocycles. The average molecular weight is 163 g/mol. The molecule has 0 aromatic carbocycles. The predicted octanol–water partition coefficient (Wildman–Crippen LogP) is 1.78. The van der Waals surface area contributed by atoms with E-state index >= 15 is 0 Å². The van der Waals surface area contributed by atoms with Crippen LogP contribution < -0.4 is 0 Å². The van der Waals surface area contributed by atoms with Gasteiger partial charge in [0.25, 0.3) is 0 Å². The standard InChI is InChI=1S/C10H13NO/c1-2-9-5-6-10(11-8-9)4-3-7-12/h5-8H,2-4H2,1H3. The molecular formula is C10H13NO. The first-order valence-electron chi connectivity index (χ1n) is 4.24. The summed E-state index contributed by atoms with van der Waals surface area (Å²) in [6.07, 6.45) is 5.14. The number of nitrogens with zero attached hydrogens (tertiary/aromatic N) is 1. The van der Waals surface area contributed by atoms with Crippen LogP contribution in [0.4, 0.5) is 0 Å². The topological polar surface area (TPSA) is 30.0 Å². The van der Waals surface area contributed by atoms with Crippen molar-refractivity contribution >= 4 is 6.29 Å². The average Bonchev–Trinajstić information content (AvgIpc) is 2.15. The van der Waals surface area contributed by atoms with Crippen molar-refractivity contribution < 1.29 is 4.79 Å². The van der Waals surface area contributed by atoms with Gasteiger partial charge in [0.2, 0.25) is 0 Å². The second kappa shape index (κ2) is 4.65. The van der Waals surface area contributed by atoms with Crippen LogP contribution in [0, 0.1) is 0 Å². The number of hydrogen-bond donors (Lipinski definition) is 0. The summed E-state index contributed by atoms with van der Waals surface area (Å²) in [5, 5.41) is 0. The molecule has 1 rings (SSSR count). The molecule has 0 bridgehead atoms. The lowest BCUT2D eigenvalue weighted by atomic mass is 10.2. The Labute approximate surface area is 72.6 Å². The van der Waals surface area contributed by atoms with Crippen LogP contribution >= 0.6 is 0 Å². The molecule has 0 aliphatic rings. The van der Waals surface area contributed by atoms with Gasteiger partial charge in [0.1, 0.15) is 6.29 Å². The van der Waals surface area contributed by atoms with E-state index in [0.717, 1.165) is 24.8 Å². The van der Waals surface area contributed by atoms with Crippen molar-refractivity contribution in [2.75, 3.05) is 0 Å². The van der Waals surface area contributed by atoms with E-state index in [1.165, 1.54) is 5.56 Å². The first kappa shape index (κ1) is 8.91. The van der Waals surface area contributed by atoms with Gasteiger partial charge in [0, 0.05) is 18.3 Å². The summed E-state index contributed by atoms with van der Waals surface area (Å²) in [5.41, 5.74) is 2.24. The Kier molecular flexibility index (Phi) is 3.45. The molecule has 0 atom stereocenters. The van der Waals surface area contributed by atoms with Crippen LogP contribution in [0.15, 0.2) is 18.3 Å². The molecule has 0 radical (unpaired) electrons. The molecule has 0 saturated carbocycles. The Bertz CT molecular complexity index is 241. The molecule has 0 fully saturated rings. The fraction of sp³-hybridized carbons (Fsp3) is 0.400. The lowest BCUT2D eigenvalue weighted by molar-refractivity contribution is -0.107. The molecule has 0 aliphatic heterocycles. The predicted molar refractivity (Wildman–Crippen MR) is 48.0 cm³/mol. The quantitative estimate of drug-likeness (QED) is 0.633. The molecule has 1 heterocycles. The summed E-state index contributed by atoms with van der Waals surface area (Å²) < 4.78 is 0. The van der Waals surface area contributed by atoms with E-state index in [9.17, 15) is 4.79 Å². The third-order valence-electron chi connectivity index (χ3n) is 1.81. The maximum absolute atomic E-state index is 10.1. The zero-order chi connectivity index (χ0) is 8.81. The number of carbonyl (C=O) groups is 1. The van der Waals surface area contributed by atoms with Gasteiger partial charge >= 0.3 is 0 Å². The van der Waals surface area contributed by atoms with Crippen molar-refractivity contribution in [1.82, 2.24) is 4.98 Å². The highest BCUT2D eigenvalue weighted by molar-refractivity contribution is 5.49. The lowest BCUT2D eigenvalue weighted by Crippen LogP contribution is -1.91. The summed E-state index contributed by atoms with van der Waals surface area (Å²) in [7, 11) is 0. The summed E-state index contributed by atoms with van der Waals surface area (Å²) >= 11 is 0. The maximum atomic E-state index is 10.1. The number of aryl methyl sites for hydroxylation is 2. The Morgan fingerprint density at radius 2 is 2.33 bits per heavy atom. The van der Waals surface area contributed by atoms with Crippen molar-refractivity contribution in [3.05, 3.63) is 29.6 Å². The summed E-state index contributed by atoms with van der Waals surface area (Å²) in [4.78, 5) is 14.3. The van der Waals surface area contributed by atoms with Gasteiger partial charge in [-0.05, 0) is 24.5 Å². The second-order valence-electron chi connectivity index (χ2n) is 2.72. The Morgan fingerprint density at radius 1 is 1.50 bits per heavy atom. The van der Waals surface area contributed by atoms with E-state index in [1.54, 1.807) is 0 Å². The first-order chi connectivity index (χ1) is 5.86. The van der Waals surface area contributed by atoms with Crippen LogP contribution in [0.5, 0.6) is 0 Å². The number of rotatable bonds is 4. The van der Waals surface area contributed by atoms with Crippen molar-refractivity contribution in [3.8, 4) is 0 Å². The molecule has 64 valence electrons. The van der Waals surface area contributed by atoms with Crippen LogP contribution in [0.1, 0.15) is 24.6 Å². The minimum absolute atomic E-state index is 0.568. The molecule has 0 spiro atoms. The van der Waals surface area contributed by atoms with Crippen LogP contribution in [-0.2, 0) is 17.6 Å². The molecule has 0 amide bonds. The SMILES string of the molecule is CCc1ccc(CCC=O)nc1. The second-order valence-corrected chi connectivity index (χ2v) is 2.72. The summed E-state index contributed by atoms with van der Waals surface area (Å²) in [6.45, 7) is 2.10. The molecule has 2 heteroatoms. The highest BCUT2D eigenvalue weighted by Crippen LogP contribution is 2.02. The van der Waals surface area contributed by atoms with Crippen molar-refractivity contribution in [1.29, 1.82) is 0 Å². The van der Waals surface area contributed by atoms with Gasteiger partial charge in [-0.3, -0.25) is 4.98 Å². The maximum Gasteiger partial charge on any atom is 0.120 e. The Morgan fingerprint density at radius 3 is 2.83 bits per heavy atom. The third-order valence-corrected chi connectivity index (χ3v) is 1.81. The number of pyridine rings is 1. The summed E-state index contributed by atoms with van der Waals surface area (Å²) in [5.74, 6) is 0. The number of aldehydes is 1. The van der Waals surface area contributed by atoms with E-state index in [4.69, 9.17) is 0 Å². The van der Waals surface area contributed by atoms with Crippen molar-refractivity contribution in [3.63, 3.8) is 0 Å². The van der Waals surface area contributed by atoms with Crippen LogP contribution in [-0.4, -0.2) is 11.3 Å². The molecule has 12 heavy (non-hydrogen) atoms. The Hall–Kier alpha value is -1.18. The van der Waals surface area contributed by atoms with Crippen molar-refractivity contribution in [2.45, 2.75) is 26.2 Å². The van der Waals surface area contributed by atoms with Crippen LogP contribution in [0.25, 0.3) is 0 Å². The smallest absolute Gasteiger partial charge is 0.120 e. The fourth-order valence-corrected chi connectivity index (χ4v) is 1.02. The fourth-order valence-electron chi connectivity index (χ4n) is 1.02. The minimum atomic E-state index is 0.568. The van der Waals surface area contributed by atoms with Gasteiger partial charge < -0.3 is 4.79 Å². The molecule has 0 unspecified atom stereocenters. The molecule has 2 nitrogen and oxygen atoms in total. The lowest BCUT2D eigenvalue weighted by Gasteiger charge is -1.98. The summed E-state index contributed by atoms with van der Waals surface area (Å²) in [6, 6.07) is 4.05. The minimum Gasteiger partial charge on any atom is -0.303 e. The molecule has 1 aromatic rings. The largest absolute Gasteiger partial charge is 0.303 e. The zero-order valence-electron chi connectivity index (χ0n) is 7.29. The molecular weight excluding hydrogens is 150 g/mol. The van der Waals surface area contributed by atoms with Crippen LogP contribution in [0.2, 0.25) is 0 Å². The van der Waals surface area contributed by atoms with Gasteiger partial charge in [-0.15, -0.1) is 0 Å². The van der Waals surface area contributed by atoms with Gasteiger partial charge in [-0.2, -0.15) is 0 Å². The molecule has 0 aliphatic carbocycles. The number of hydrogen-bond acceptors (Lipinski definition) is 2. The van der Waals surface area contributed by atoms with Gasteiger partial charge in [-0.25, -0.2) is 0 Å². The van der Waals surface area contributed by atoms with Gasteiger partial charge in [0.15, 0.2) is 0 Å². The van der Waals surface area contributed by atoms with Crippen LogP contribution in [0.3, 0.4) is 0 Å². The normalized spacial score (nSPS) is 9.75. The highest BCUT2D eigenvalue weighted by atomic mass is 16.1. The highest BCUT2D eigenvalue weighted by Gasteiger charge is 1.93. The van der Waals surface area contributed by atoms with E-state index in [2.05, 4.69) is 18.0 Å². The zero-order valence-corrected chi connectivity index (χ0v) is 7.29. The monoisotopic (exact) mass is 163 g/mol. The Balaban J connectivity index is 2.58.